The molecule has 2 aromatic carbocycles. The summed E-state index contributed by atoms with van der Waals surface area (Å²) in [5.74, 6) is 2.61. The van der Waals surface area contributed by atoms with E-state index >= 15 is 0 Å². The fourth-order valence-corrected chi connectivity index (χ4v) is 3.93. The van der Waals surface area contributed by atoms with Crippen molar-refractivity contribution in [2.45, 2.75) is 20.8 Å². The molecule has 0 fully saturated rings. The van der Waals surface area contributed by atoms with Crippen LogP contribution in [-0.2, 0) is 4.79 Å². The second-order valence-electron chi connectivity index (χ2n) is 8.25. The summed E-state index contributed by atoms with van der Waals surface area (Å²) in [6, 6.07) is 13.0. The maximum Gasteiger partial charge on any atom is 0.258 e. The summed E-state index contributed by atoms with van der Waals surface area (Å²) in [7, 11) is 3.15. The monoisotopic (exact) mass is 491 g/mol. The van der Waals surface area contributed by atoms with Crippen molar-refractivity contribution < 1.29 is 23.7 Å². The van der Waals surface area contributed by atoms with E-state index in [1.54, 1.807) is 36.9 Å². The predicted octanol–water partition coefficient (Wildman–Crippen LogP) is 3.31. The molecule has 2 heterocycles. The van der Waals surface area contributed by atoms with Crippen molar-refractivity contribution in [3.05, 3.63) is 59.2 Å². The second-order valence-corrected chi connectivity index (χ2v) is 8.25. The topological polar surface area (TPSA) is 109 Å². The molecule has 0 aliphatic heterocycles. The first-order chi connectivity index (χ1) is 17.4. The molecule has 10 heteroatoms. The van der Waals surface area contributed by atoms with Crippen molar-refractivity contribution >= 4 is 11.6 Å². The van der Waals surface area contributed by atoms with Gasteiger partial charge in [0.2, 0.25) is 5.88 Å². The number of aromatic nitrogens is 4. The molecule has 4 rings (SSSR count). The number of hydrogen-bond donors (Lipinski definition) is 1. The summed E-state index contributed by atoms with van der Waals surface area (Å²) >= 11 is 0. The molecule has 36 heavy (non-hydrogen) atoms. The zero-order chi connectivity index (χ0) is 25.7. The van der Waals surface area contributed by atoms with Crippen LogP contribution in [0.5, 0.6) is 23.1 Å². The molecule has 0 saturated carbocycles. The molecule has 0 aliphatic carbocycles. The van der Waals surface area contributed by atoms with Gasteiger partial charge in [-0.15, -0.1) is 15.3 Å². The molecular formula is C26H29N5O5. The zero-order valence-corrected chi connectivity index (χ0v) is 21.0. The Morgan fingerprint density at radius 1 is 0.917 bits per heavy atom. The smallest absolute Gasteiger partial charge is 0.258 e. The van der Waals surface area contributed by atoms with Crippen LogP contribution in [0.15, 0.2) is 42.5 Å². The second kappa shape index (κ2) is 10.9. The van der Waals surface area contributed by atoms with E-state index in [9.17, 15) is 4.79 Å². The lowest BCUT2D eigenvalue weighted by atomic mass is 10.1. The van der Waals surface area contributed by atoms with Crippen LogP contribution in [0.1, 0.15) is 16.7 Å². The molecule has 0 aliphatic rings. The number of rotatable bonds is 10. The van der Waals surface area contributed by atoms with Gasteiger partial charge in [-0.25, -0.2) is 0 Å². The molecule has 4 aromatic rings. The average molecular weight is 492 g/mol. The minimum atomic E-state index is -0.226. The lowest BCUT2D eigenvalue weighted by molar-refractivity contribution is -0.123. The lowest BCUT2D eigenvalue weighted by Gasteiger charge is -2.13. The SMILES string of the molecule is COc1ccc(-c2nnc3ccc(OCCNC(=O)COc4c(C)cc(C)cc4C)nn23)cc1OC. The lowest BCUT2D eigenvalue weighted by Crippen LogP contribution is -2.32. The number of benzene rings is 2. The largest absolute Gasteiger partial charge is 0.493 e. The number of ether oxygens (including phenoxy) is 4. The molecule has 0 saturated heterocycles. The summed E-state index contributed by atoms with van der Waals surface area (Å²) in [4.78, 5) is 12.2. The molecule has 0 spiro atoms. The third-order valence-corrected chi connectivity index (χ3v) is 5.51. The summed E-state index contributed by atoms with van der Waals surface area (Å²) in [6.45, 7) is 6.45. The molecule has 2 aromatic heterocycles. The Hall–Kier alpha value is -4.34. The van der Waals surface area contributed by atoms with Crippen LogP contribution in [0, 0.1) is 20.8 Å². The van der Waals surface area contributed by atoms with E-state index < -0.39 is 0 Å². The van der Waals surface area contributed by atoms with Crippen LogP contribution in [0.25, 0.3) is 17.0 Å². The van der Waals surface area contributed by atoms with Gasteiger partial charge in [0.1, 0.15) is 12.4 Å². The highest BCUT2D eigenvalue weighted by molar-refractivity contribution is 5.77. The van der Waals surface area contributed by atoms with E-state index in [-0.39, 0.29) is 19.1 Å². The number of aryl methyl sites for hydroxylation is 3. The van der Waals surface area contributed by atoms with Crippen LogP contribution >= 0.6 is 0 Å². The zero-order valence-electron chi connectivity index (χ0n) is 21.0. The van der Waals surface area contributed by atoms with Crippen molar-refractivity contribution in [3.8, 4) is 34.5 Å². The highest BCUT2D eigenvalue weighted by atomic mass is 16.5. The Bertz CT molecular complexity index is 1360. The van der Waals surface area contributed by atoms with Crippen LogP contribution in [-0.4, -0.2) is 59.7 Å². The van der Waals surface area contributed by atoms with E-state index in [1.165, 1.54) is 0 Å². The first-order valence-corrected chi connectivity index (χ1v) is 11.4. The maximum absolute atomic E-state index is 12.2. The van der Waals surface area contributed by atoms with Crippen LogP contribution < -0.4 is 24.3 Å². The Morgan fingerprint density at radius 3 is 2.39 bits per heavy atom. The Labute approximate surface area is 209 Å². The number of methoxy groups -OCH3 is 2. The molecule has 0 bridgehead atoms. The van der Waals surface area contributed by atoms with Gasteiger partial charge in [0.05, 0.1) is 20.8 Å². The van der Waals surface area contributed by atoms with Crippen LogP contribution in [0.2, 0.25) is 0 Å². The molecular weight excluding hydrogens is 462 g/mol. The van der Waals surface area contributed by atoms with Gasteiger partial charge >= 0.3 is 0 Å². The van der Waals surface area contributed by atoms with E-state index in [1.807, 2.05) is 45.0 Å². The van der Waals surface area contributed by atoms with Crippen LogP contribution in [0.4, 0.5) is 0 Å². The van der Waals surface area contributed by atoms with Gasteiger partial charge in [0.25, 0.3) is 5.91 Å². The summed E-state index contributed by atoms with van der Waals surface area (Å²) in [5.41, 5.74) is 4.50. The number of hydrogen-bond acceptors (Lipinski definition) is 8. The van der Waals surface area contributed by atoms with Gasteiger partial charge < -0.3 is 24.3 Å². The first-order valence-electron chi connectivity index (χ1n) is 11.4. The third kappa shape index (κ3) is 5.48. The van der Waals surface area contributed by atoms with Gasteiger partial charge in [-0.1, -0.05) is 17.7 Å². The van der Waals surface area contributed by atoms with Gasteiger partial charge in [-0.05, 0) is 56.2 Å². The number of fused-ring (bicyclic) bond motifs is 1. The normalized spacial score (nSPS) is 10.8. The summed E-state index contributed by atoms with van der Waals surface area (Å²) in [5, 5.41) is 15.7. The number of nitrogens with one attached hydrogen (secondary N) is 1. The summed E-state index contributed by atoms with van der Waals surface area (Å²) < 4.78 is 23.7. The fraction of sp³-hybridized carbons (Fsp3) is 0.308. The fourth-order valence-electron chi connectivity index (χ4n) is 3.93. The highest BCUT2D eigenvalue weighted by Gasteiger charge is 2.14. The molecule has 0 atom stereocenters. The number of nitrogens with zero attached hydrogens (tertiary/aromatic N) is 4. The van der Waals surface area contributed by atoms with Gasteiger partial charge in [-0.3, -0.25) is 4.79 Å². The molecule has 10 nitrogen and oxygen atoms in total. The number of amides is 1. The highest BCUT2D eigenvalue weighted by Crippen LogP contribution is 2.31. The first kappa shape index (κ1) is 24.8. The maximum atomic E-state index is 12.2. The Kier molecular flexibility index (Phi) is 7.53. The van der Waals surface area contributed by atoms with Crippen molar-refractivity contribution in [1.29, 1.82) is 0 Å². The molecule has 188 valence electrons. The quantitative estimate of drug-likeness (QED) is 0.337. The Balaban J connectivity index is 1.34. The van der Waals surface area contributed by atoms with E-state index in [4.69, 9.17) is 18.9 Å². The standard InChI is InChI=1S/C26H29N5O5/c1-16-12-17(2)25(18(3)13-16)36-15-23(32)27-10-11-35-24-9-8-22-28-29-26(31(22)30-24)19-6-7-20(33-4)21(14-19)34-5/h6-9,12-14H,10-11,15H2,1-5H3,(H,27,32). The molecule has 0 radical (unpaired) electrons. The third-order valence-electron chi connectivity index (χ3n) is 5.51. The van der Waals surface area contributed by atoms with Crippen molar-refractivity contribution in [1.82, 2.24) is 25.1 Å². The van der Waals surface area contributed by atoms with E-state index in [0.717, 1.165) is 28.0 Å². The van der Waals surface area contributed by atoms with E-state index in [0.29, 0.717) is 35.4 Å². The van der Waals surface area contributed by atoms with Gasteiger partial charge in [0.15, 0.2) is 29.6 Å². The molecule has 0 unspecified atom stereocenters. The van der Waals surface area contributed by atoms with Crippen molar-refractivity contribution in [2.75, 3.05) is 34.0 Å². The summed E-state index contributed by atoms with van der Waals surface area (Å²) in [6.07, 6.45) is 0. The van der Waals surface area contributed by atoms with Gasteiger partial charge in [0, 0.05) is 11.6 Å². The Morgan fingerprint density at radius 2 is 1.67 bits per heavy atom. The van der Waals surface area contributed by atoms with Gasteiger partial charge in [-0.2, -0.15) is 4.52 Å². The molecule has 1 amide bonds. The minimum Gasteiger partial charge on any atom is -0.493 e. The van der Waals surface area contributed by atoms with E-state index in [2.05, 4.69) is 20.6 Å². The average Bonchev–Trinajstić information content (AvgIpc) is 3.29. The number of carbonyl (C=O) groups is 1. The number of carbonyl (C=O) groups excluding carboxylic acids is 1. The van der Waals surface area contributed by atoms with Crippen molar-refractivity contribution in [3.63, 3.8) is 0 Å². The van der Waals surface area contributed by atoms with Crippen molar-refractivity contribution in [2.24, 2.45) is 0 Å². The van der Waals surface area contributed by atoms with Crippen LogP contribution in [0.3, 0.4) is 0 Å². The molecule has 1 N–H and O–H groups in total. The predicted molar refractivity (Wildman–Crippen MR) is 134 cm³/mol. The minimum absolute atomic E-state index is 0.0651.